The molecule has 2 aromatic rings. The molecule has 114 valence electrons. The highest BCUT2D eigenvalue weighted by molar-refractivity contribution is 8.07. The van der Waals surface area contributed by atoms with Crippen LogP contribution in [-0.2, 0) is 4.79 Å². The second-order valence-corrected chi connectivity index (χ2v) is 7.66. The van der Waals surface area contributed by atoms with E-state index < -0.39 is 0 Å². The molecule has 2 heterocycles. The summed E-state index contributed by atoms with van der Waals surface area (Å²) in [5.74, 6) is 3.23. The van der Waals surface area contributed by atoms with Crippen LogP contribution in [0.5, 0.6) is 0 Å². The normalized spacial score (nSPS) is 18.0. The molecule has 1 saturated heterocycles. The number of hydrogen-bond donors (Lipinski definition) is 1. The van der Waals surface area contributed by atoms with Crippen molar-refractivity contribution in [1.82, 2.24) is 4.98 Å². The molecule has 3 rings (SSSR count). The summed E-state index contributed by atoms with van der Waals surface area (Å²) in [7, 11) is 0. The van der Waals surface area contributed by atoms with E-state index in [0.29, 0.717) is 0 Å². The second-order valence-electron chi connectivity index (χ2n) is 5.19. The number of hydrogen-bond acceptors (Lipinski definition) is 4. The molecule has 0 spiro atoms. The molecule has 1 unspecified atom stereocenters. The van der Waals surface area contributed by atoms with E-state index in [2.05, 4.69) is 17.2 Å². The van der Waals surface area contributed by atoms with E-state index in [1.807, 2.05) is 48.3 Å². The molecule has 1 aliphatic rings. The van der Waals surface area contributed by atoms with E-state index in [1.54, 1.807) is 18.0 Å². The van der Waals surface area contributed by atoms with Gasteiger partial charge in [0.05, 0.1) is 5.25 Å². The summed E-state index contributed by atoms with van der Waals surface area (Å²) in [5, 5.41) is 3.11. The van der Waals surface area contributed by atoms with Crippen molar-refractivity contribution in [3.8, 4) is 11.1 Å². The fourth-order valence-corrected chi connectivity index (χ4v) is 5.01. The monoisotopic (exact) mass is 330 g/mol. The number of benzene rings is 1. The summed E-state index contributed by atoms with van der Waals surface area (Å²) >= 11 is 3.61. The molecule has 22 heavy (non-hydrogen) atoms. The van der Waals surface area contributed by atoms with Crippen molar-refractivity contribution in [3.63, 3.8) is 0 Å². The van der Waals surface area contributed by atoms with Gasteiger partial charge in [-0.1, -0.05) is 12.1 Å². The Morgan fingerprint density at radius 3 is 2.91 bits per heavy atom. The van der Waals surface area contributed by atoms with E-state index in [-0.39, 0.29) is 11.2 Å². The van der Waals surface area contributed by atoms with Crippen LogP contribution in [0.3, 0.4) is 0 Å². The Morgan fingerprint density at radius 2 is 2.23 bits per heavy atom. The number of pyridine rings is 1. The molecule has 1 amide bonds. The molecule has 3 nitrogen and oxygen atoms in total. The predicted octanol–water partition coefficient (Wildman–Crippen LogP) is 3.84. The third kappa shape index (κ3) is 3.65. The van der Waals surface area contributed by atoms with E-state index in [1.165, 1.54) is 0 Å². The van der Waals surface area contributed by atoms with Crippen molar-refractivity contribution >= 4 is 35.1 Å². The molecule has 0 aliphatic carbocycles. The van der Waals surface area contributed by atoms with E-state index >= 15 is 0 Å². The SMILES string of the molecule is Cc1cc(NC(=O)C2CSCCS2)ccc1-c1cccnc1. The van der Waals surface area contributed by atoms with Crippen LogP contribution in [0.15, 0.2) is 42.7 Å². The van der Waals surface area contributed by atoms with E-state index in [9.17, 15) is 4.79 Å². The van der Waals surface area contributed by atoms with Crippen LogP contribution < -0.4 is 5.32 Å². The summed E-state index contributed by atoms with van der Waals surface area (Å²) in [6.45, 7) is 2.06. The topological polar surface area (TPSA) is 42.0 Å². The van der Waals surface area contributed by atoms with Gasteiger partial charge in [-0.05, 0) is 36.2 Å². The van der Waals surface area contributed by atoms with E-state index in [4.69, 9.17) is 0 Å². The number of anilines is 1. The number of aryl methyl sites for hydroxylation is 1. The third-order valence-electron chi connectivity index (χ3n) is 3.57. The van der Waals surface area contributed by atoms with Crippen LogP contribution in [0, 0.1) is 6.92 Å². The highest BCUT2D eigenvalue weighted by atomic mass is 32.2. The zero-order valence-electron chi connectivity index (χ0n) is 12.4. The van der Waals surface area contributed by atoms with E-state index in [0.717, 1.165) is 39.6 Å². The highest BCUT2D eigenvalue weighted by Gasteiger charge is 2.22. The Balaban J connectivity index is 1.73. The molecule has 1 aromatic heterocycles. The molecule has 0 radical (unpaired) electrons. The van der Waals surface area contributed by atoms with Gasteiger partial charge in [-0.25, -0.2) is 0 Å². The molecule has 0 saturated carbocycles. The van der Waals surface area contributed by atoms with Crippen LogP contribution in [0.2, 0.25) is 0 Å². The van der Waals surface area contributed by atoms with Gasteiger partial charge < -0.3 is 5.32 Å². The van der Waals surface area contributed by atoms with Crippen LogP contribution >= 0.6 is 23.5 Å². The molecule has 5 heteroatoms. The largest absolute Gasteiger partial charge is 0.325 e. The molecule has 1 atom stereocenters. The van der Waals surface area contributed by atoms with Crippen molar-refractivity contribution in [2.24, 2.45) is 0 Å². The van der Waals surface area contributed by atoms with Gasteiger partial charge in [-0.15, -0.1) is 11.8 Å². The first-order valence-electron chi connectivity index (χ1n) is 7.25. The van der Waals surface area contributed by atoms with Gasteiger partial charge >= 0.3 is 0 Å². The average Bonchev–Trinajstić information content (AvgIpc) is 2.56. The van der Waals surface area contributed by atoms with Crippen molar-refractivity contribution in [1.29, 1.82) is 0 Å². The Bertz CT molecular complexity index is 655. The molecule has 1 aliphatic heterocycles. The molecule has 1 aromatic carbocycles. The van der Waals surface area contributed by atoms with Gasteiger partial charge in [0.1, 0.15) is 0 Å². The number of carbonyl (C=O) groups excluding carboxylic acids is 1. The van der Waals surface area contributed by atoms with Gasteiger partial charge in [0, 0.05) is 40.9 Å². The summed E-state index contributed by atoms with van der Waals surface area (Å²) in [6, 6.07) is 10.0. The Morgan fingerprint density at radius 1 is 1.32 bits per heavy atom. The minimum atomic E-state index is 0.0667. The van der Waals surface area contributed by atoms with Crippen LogP contribution in [0.25, 0.3) is 11.1 Å². The quantitative estimate of drug-likeness (QED) is 0.928. The van der Waals surface area contributed by atoms with Gasteiger partial charge in [-0.2, -0.15) is 11.8 Å². The summed E-state index contributed by atoms with van der Waals surface area (Å²) < 4.78 is 0. The van der Waals surface area contributed by atoms with Gasteiger partial charge in [0.2, 0.25) is 5.91 Å². The zero-order valence-corrected chi connectivity index (χ0v) is 14.0. The lowest BCUT2D eigenvalue weighted by molar-refractivity contribution is -0.115. The number of thioether (sulfide) groups is 2. The van der Waals surface area contributed by atoms with Crippen molar-refractivity contribution in [2.45, 2.75) is 12.2 Å². The summed E-state index contributed by atoms with van der Waals surface area (Å²) in [6.07, 6.45) is 3.63. The number of aromatic nitrogens is 1. The first-order chi connectivity index (χ1) is 10.7. The van der Waals surface area contributed by atoms with Gasteiger partial charge in [0.25, 0.3) is 0 Å². The first-order valence-corrected chi connectivity index (χ1v) is 9.45. The maximum absolute atomic E-state index is 12.3. The number of rotatable bonds is 3. The van der Waals surface area contributed by atoms with Crippen LogP contribution in [-0.4, -0.2) is 33.4 Å². The number of amides is 1. The van der Waals surface area contributed by atoms with Crippen molar-refractivity contribution < 1.29 is 4.79 Å². The molecular formula is C17H18N2OS2. The lowest BCUT2D eigenvalue weighted by Gasteiger charge is -2.20. The average molecular weight is 330 g/mol. The number of carbonyl (C=O) groups is 1. The fraction of sp³-hybridized carbons (Fsp3) is 0.294. The highest BCUT2D eigenvalue weighted by Crippen LogP contribution is 2.27. The Hall–Kier alpha value is -1.46. The predicted molar refractivity (Wildman–Crippen MR) is 96.6 cm³/mol. The maximum Gasteiger partial charge on any atom is 0.238 e. The molecular weight excluding hydrogens is 312 g/mol. The molecule has 0 bridgehead atoms. The van der Waals surface area contributed by atoms with Gasteiger partial charge in [0.15, 0.2) is 0 Å². The van der Waals surface area contributed by atoms with Crippen LogP contribution in [0.1, 0.15) is 5.56 Å². The van der Waals surface area contributed by atoms with Gasteiger partial charge in [-0.3, -0.25) is 9.78 Å². The smallest absolute Gasteiger partial charge is 0.238 e. The zero-order chi connectivity index (χ0) is 15.4. The first kappa shape index (κ1) is 15.4. The second kappa shape index (κ2) is 7.20. The standard InChI is InChI=1S/C17H18N2OS2/c1-12-9-14(19-17(20)16-11-21-7-8-22-16)4-5-15(12)13-3-2-6-18-10-13/h2-6,9-10,16H,7-8,11H2,1H3,(H,19,20). The lowest BCUT2D eigenvalue weighted by Crippen LogP contribution is -2.30. The number of nitrogens with one attached hydrogen (secondary N) is 1. The molecule has 1 N–H and O–H groups in total. The minimum Gasteiger partial charge on any atom is -0.325 e. The van der Waals surface area contributed by atoms with Crippen molar-refractivity contribution in [2.75, 3.05) is 22.6 Å². The Labute approximate surface area is 139 Å². The van der Waals surface area contributed by atoms with Crippen LogP contribution in [0.4, 0.5) is 5.69 Å². The summed E-state index contributed by atoms with van der Waals surface area (Å²) in [4.78, 5) is 16.4. The number of nitrogens with zero attached hydrogens (tertiary/aromatic N) is 1. The summed E-state index contributed by atoms with van der Waals surface area (Å²) in [5.41, 5.74) is 4.24. The fourth-order valence-electron chi connectivity index (χ4n) is 2.45. The van der Waals surface area contributed by atoms with Crippen molar-refractivity contribution in [3.05, 3.63) is 48.3 Å². The minimum absolute atomic E-state index is 0.0667. The lowest BCUT2D eigenvalue weighted by atomic mass is 10.0. The maximum atomic E-state index is 12.3. The Kier molecular flexibility index (Phi) is 5.05. The molecule has 1 fully saturated rings. The third-order valence-corrected chi connectivity index (χ3v) is 6.33.